The topological polar surface area (TPSA) is 23.1 Å². The highest BCUT2D eigenvalue weighted by molar-refractivity contribution is 9.10. The summed E-state index contributed by atoms with van der Waals surface area (Å²) in [7, 11) is 0. The van der Waals surface area contributed by atoms with Gasteiger partial charge in [-0.3, -0.25) is 0 Å². The normalized spacial score (nSPS) is 27.0. The monoisotopic (exact) mass is 277 g/mol. The summed E-state index contributed by atoms with van der Waals surface area (Å²) in [6.45, 7) is 0. The van der Waals surface area contributed by atoms with Crippen molar-refractivity contribution in [2.45, 2.75) is 5.25 Å². The van der Waals surface area contributed by atoms with Gasteiger partial charge in [0.05, 0.1) is 6.42 Å². The van der Waals surface area contributed by atoms with E-state index in [-0.39, 0.29) is 5.25 Å². The molecule has 13 heavy (non-hydrogen) atoms. The first kappa shape index (κ1) is 9.84. The zero-order chi connectivity index (χ0) is 9.42. The molecule has 1 aromatic rings. The van der Waals surface area contributed by atoms with Crippen molar-refractivity contribution in [3.63, 3.8) is 0 Å². The molecule has 0 bridgehead atoms. The third kappa shape index (κ3) is 2.04. The van der Waals surface area contributed by atoms with Crippen molar-refractivity contribution in [2.75, 3.05) is 5.75 Å². The van der Waals surface area contributed by atoms with Gasteiger partial charge in [-0.15, -0.1) is 0 Å². The molecule has 0 aromatic heterocycles. The van der Waals surface area contributed by atoms with Crippen LogP contribution in [-0.2, 0) is 11.2 Å². The maximum Gasteiger partial charge on any atom is 0.148 e. The average Bonchev–Trinajstić information content (AvgIpc) is 1.99. The van der Waals surface area contributed by atoms with Crippen molar-refractivity contribution >= 4 is 38.7 Å². The van der Waals surface area contributed by atoms with Crippen LogP contribution in [0.3, 0.4) is 0 Å². The minimum absolute atomic E-state index is 0.0787. The van der Waals surface area contributed by atoms with Gasteiger partial charge in [0.1, 0.15) is 11.0 Å². The van der Waals surface area contributed by atoms with Crippen LogP contribution in [0, 0.1) is 6.42 Å². The van der Waals surface area contributed by atoms with E-state index < -0.39 is 11.2 Å². The van der Waals surface area contributed by atoms with Crippen LogP contribution in [0.4, 0.5) is 0 Å². The van der Waals surface area contributed by atoms with Crippen molar-refractivity contribution in [1.29, 1.82) is 0 Å². The summed E-state index contributed by atoms with van der Waals surface area (Å²) in [5, 5.41) is 0.761. The van der Waals surface area contributed by atoms with Gasteiger partial charge in [-0.1, -0.05) is 27.5 Å². The molecule has 2 rings (SSSR count). The van der Waals surface area contributed by atoms with Crippen LogP contribution < -0.4 is 0 Å². The molecule has 0 spiro atoms. The van der Waals surface area contributed by atoms with Crippen molar-refractivity contribution in [2.24, 2.45) is 0 Å². The van der Waals surface area contributed by atoms with E-state index in [1.807, 2.05) is 24.6 Å². The minimum atomic E-state index is -0.732. The maximum absolute atomic E-state index is 11.3. The van der Waals surface area contributed by atoms with Gasteiger partial charge < -0.3 is 4.55 Å². The predicted molar refractivity (Wildman–Crippen MR) is 59.2 cm³/mol. The Kier molecular flexibility index (Phi) is 2.88. The predicted octanol–water partition coefficient (Wildman–Crippen LogP) is 3.11. The molecule has 1 radical (unpaired) electrons. The number of rotatable bonds is 1. The Hall–Kier alpha value is 0.300. The molecule has 2 atom stereocenters. The lowest BCUT2D eigenvalue weighted by Gasteiger charge is -2.29. The Morgan fingerprint density at radius 1 is 1.46 bits per heavy atom. The van der Waals surface area contributed by atoms with Crippen LogP contribution in [0.25, 0.3) is 0 Å². The second kappa shape index (κ2) is 3.81. The number of hydrogen-bond acceptors (Lipinski definition) is 1. The third-order valence-electron chi connectivity index (χ3n) is 1.97. The summed E-state index contributed by atoms with van der Waals surface area (Å²) in [4.78, 5) is 0. The number of benzene rings is 1. The fraction of sp³-hybridized carbons (Fsp3) is 0.222. The lowest BCUT2D eigenvalue weighted by molar-refractivity contribution is 0.576. The van der Waals surface area contributed by atoms with E-state index >= 15 is 0 Å². The molecule has 1 aromatic carbocycles. The van der Waals surface area contributed by atoms with Gasteiger partial charge in [0, 0.05) is 15.1 Å². The van der Waals surface area contributed by atoms with Gasteiger partial charge in [0.2, 0.25) is 0 Å². The quantitative estimate of drug-likeness (QED) is 0.724. The molecule has 0 amide bonds. The van der Waals surface area contributed by atoms with E-state index in [1.165, 1.54) is 0 Å². The molecule has 4 heteroatoms. The average molecular weight is 279 g/mol. The Bertz CT molecular complexity index is 311. The van der Waals surface area contributed by atoms with Crippen LogP contribution >= 0.6 is 27.5 Å². The molecule has 1 nitrogen and oxygen atoms in total. The highest BCUT2D eigenvalue weighted by Crippen LogP contribution is 2.37. The van der Waals surface area contributed by atoms with Gasteiger partial charge in [0.15, 0.2) is 0 Å². The SMILES string of the molecule is [O-][S+]1C[CH]C1c1cc(Cl)cc(Br)c1. The summed E-state index contributed by atoms with van der Waals surface area (Å²) in [5.74, 6) is 0.703. The van der Waals surface area contributed by atoms with Crippen LogP contribution in [0.5, 0.6) is 0 Å². The second-order valence-electron chi connectivity index (χ2n) is 2.91. The molecule has 2 unspecified atom stereocenters. The Morgan fingerprint density at radius 2 is 2.23 bits per heavy atom. The molecule has 1 fully saturated rings. The molecular formula is C9H7BrClOS. The summed E-state index contributed by atoms with van der Waals surface area (Å²) < 4.78 is 12.2. The largest absolute Gasteiger partial charge is 0.616 e. The summed E-state index contributed by atoms with van der Waals surface area (Å²) in [6, 6.07) is 5.65. The molecular weight excluding hydrogens is 272 g/mol. The van der Waals surface area contributed by atoms with Crippen LogP contribution in [0.1, 0.15) is 10.8 Å². The van der Waals surface area contributed by atoms with Gasteiger partial charge in [0.25, 0.3) is 0 Å². The molecule has 1 heterocycles. The minimum Gasteiger partial charge on any atom is -0.616 e. The number of hydrogen-bond donors (Lipinski definition) is 0. The van der Waals surface area contributed by atoms with E-state index in [4.69, 9.17) is 11.6 Å². The lowest BCUT2D eigenvalue weighted by Crippen LogP contribution is -2.29. The standard InChI is InChI=1S/C9H7BrClOS/c10-7-3-6(4-8(11)5-7)9-1-2-13(9)12/h1,3-5,9H,2H2. The van der Waals surface area contributed by atoms with Crippen molar-refractivity contribution in [3.8, 4) is 0 Å². The van der Waals surface area contributed by atoms with E-state index in [0.717, 1.165) is 10.0 Å². The first-order chi connectivity index (χ1) is 6.16. The molecule has 69 valence electrons. The van der Waals surface area contributed by atoms with Crippen LogP contribution in [-0.4, -0.2) is 10.3 Å². The highest BCUT2D eigenvalue weighted by atomic mass is 79.9. The summed E-state index contributed by atoms with van der Waals surface area (Å²) >= 11 is 8.51. The van der Waals surface area contributed by atoms with Crippen LogP contribution in [0.2, 0.25) is 5.02 Å². The Labute approximate surface area is 93.8 Å². The van der Waals surface area contributed by atoms with E-state index in [1.54, 1.807) is 0 Å². The van der Waals surface area contributed by atoms with E-state index in [9.17, 15) is 4.55 Å². The molecule has 0 saturated carbocycles. The fourth-order valence-electron chi connectivity index (χ4n) is 1.30. The van der Waals surface area contributed by atoms with Crippen LogP contribution in [0.15, 0.2) is 22.7 Å². The summed E-state index contributed by atoms with van der Waals surface area (Å²) in [6.07, 6.45) is 2.05. The highest BCUT2D eigenvalue weighted by Gasteiger charge is 2.35. The molecule has 1 aliphatic heterocycles. The Morgan fingerprint density at radius 3 is 2.69 bits per heavy atom. The zero-order valence-electron chi connectivity index (χ0n) is 6.67. The van der Waals surface area contributed by atoms with Crippen molar-refractivity contribution < 1.29 is 4.55 Å². The second-order valence-corrected chi connectivity index (χ2v) is 5.86. The molecule has 1 aliphatic rings. The Balaban J connectivity index is 2.29. The zero-order valence-corrected chi connectivity index (χ0v) is 9.82. The summed E-state index contributed by atoms with van der Waals surface area (Å²) in [5.41, 5.74) is 1.03. The molecule has 0 N–H and O–H groups in total. The first-order valence-electron chi connectivity index (χ1n) is 3.83. The van der Waals surface area contributed by atoms with Gasteiger partial charge in [-0.25, -0.2) is 0 Å². The molecule has 0 aliphatic carbocycles. The lowest BCUT2D eigenvalue weighted by atomic mass is 10.1. The van der Waals surface area contributed by atoms with Gasteiger partial charge in [-0.2, -0.15) is 0 Å². The molecule has 1 saturated heterocycles. The maximum atomic E-state index is 11.3. The van der Waals surface area contributed by atoms with Gasteiger partial charge in [-0.05, 0) is 29.4 Å². The third-order valence-corrected chi connectivity index (χ3v) is 4.20. The van der Waals surface area contributed by atoms with E-state index in [0.29, 0.717) is 10.8 Å². The van der Waals surface area contributed by atoms with Gasteiger partial charge >= 0.3 is 0 Å². The van der Waals surface area contributed by atoms with E-state index in [2.05, 4.69) is 15.9 Å². The first-order valence-corrected chi connectivity index (χ1v) is 6.38. The number of halogens is 2. The van der Waals surface area contributed by atoms with Crippen molar-refractivity contribution in [1.82, 2.24) is 0 Å². The van der Waals surface area contributed by atoms with Crippen molar-refractivity contribution in [3.05, 3.63) is 39.7 Å². The smallest absolute Gasteiger partial charge is 0.148 e. The fourth-order valence-corrected chi connectivity index (χ4v) is 3.17.